The molecule has 100 valence electrons. The fourth-order valence-electron chi connectivity index (χ4n) is 2.18. The summed E-state index contributed by atoms with van der Waals surface area (Å²) in [6.07, 6.45) is 3.19. The van der Waals surface area contributed by atoms with Crippen LogP contribution < -0.4 is 5.32 Å². The minimum absolute atomic E-state index is 0.574. The summed E-state index contributed by atoms with van der Waals surface area (Å²) in [4.78, 5) is 4.55. The highest BCUT2D eigenvalue weighted by Crippen LogP contribution is 2.24. The van der Waals surface area contributed by atoms with Crippen LogP contribution in [0.3, 0.4) is 0 Å². The van der Waals surface area contributed by atoms with Crippen LogP contribution in [0.5, 0.6) is 0 Å². The van der Waals surface area contributed by atoms with Gasteiger partial charge >= 0.3 is 0 Å². The number of anilines is 1. The van der Waals surface area contributed by atoms with Gasteiger partial charge in [-0.15, -0.1) is 0 Å². The van der Waals surface area contributed by atoms with Crippen molar-refractivity contribution < 1.29 is 4.74 Å². The van der Waals surface area contributed by atoms with Crippen LogP contribution >= 0.6 is 0 Å². The molecule has 1 N–H and O–H groups in total. The van der Waals surface area contributed by atoms with Gasteiger partial charge in [0.05, 0.1) is 18.8 Å². The summed E-state index contributed by atoms with van der Waals surface area (Å²) >= 11 is 0. The second-order valence-corrected chi connectivity index (χ2v) is 4.89. The Balaban J connectivity index is 1.93. The minimum Gasteiger partial charge on any atom is -0.375 e. The summed E-state index contributed by atoms with van der Waals surface area (Å²) in [5.41, 5.74) is 3.99. The van der Waals surface area contributed by atoms with Crippen molar-refractivity contribution in [3.63, 3.8) is 0 Å². The summed E-state index contributed by atoms with van der Waals surface area (Å²) < 4.78 is 5.41. The van der Waals surface area contributed by atoms with Gasteiger partial charge in [-0.1, -0.05) is 12.2 Å². The van der Waals surface area contributed by atoms with Crippen LogP contribution in [0.4, 0.5) is 5.82 Å². The molecule has 0 unspecified atom stereocenters. The van der Waals surface area contributed by atoms with E-state index >= 15 is 0 Å². The molecule has 0 spiro atoms. The Morgan fingerprint density at radius 2 is 2.42 bits per heavy atom. The maximum absolute atomic E-state index is 9.15. The molecule has 0 saturated heterocycles. The molecule has 0 aromatic carbocycles. The van der Waals surface area contributed by atoms with E-state index in [4.69, 9.17) is 10.00 Å². The van der Waals surface area contributed by atoms with Crippen LogP contribution in [0.1, 0.15) is 30.2 Å². The summed E-state index contributed by atoms with van der Waals surface area (Å²) in [6, 6.07) is 4.17. The third-order valence-electron chi connectivity index (χ3n) is 3.06. The SMILES string of the molecule is C=C(C)COCCNc1nc2c(cc1C#N)CCC2. The molecule has 19 heavy (non-hydrogen) atoms. The van der Waals surface area contributed by atoms with Crippen molar-refractivity contribution in [2.75, 3.05) is 25.1 Å². The molecule has 0 atom stereocenters. The molecule has 0 fully saturated rings. The number of pyridine rings is 1. The molecule has 1 aliphatic carbocycles. The van der Waals surface area contributed by atoms with Gasteiger partial charge in [0.15, 0.2) is 0 Å². The normalized spacial score (nSPS) is 12.8. The summed E-state index contributed by atoms with van der Waals surface area (Å²) in [5.74, 6) is 0.682. The second-order valence-electron chi connectivity index (χ2n) is 4.89. The van der Waals surface area contributed by atoms with Gasteiger partial charge in [0.25, 0.3) is 0 Å². The van der Waals surface area contributed by atoms with Gasteiger partial charge in [-0.3, -0.25) is 0 Å². The Kier molecular flexibility index (Phi) is 4.53. The predicted molar refractivity (Wildman–Crippen MR) is 75.1 cm³/mol. The number of aromatic nitrogens is 1. The third kappa shape index (κ3) is 3.55. The fourth-order valence-corrected chi connectivity index (χ4v) is 2.18. The van der Waals surface area contributed by atoms with Crippen molar-refractivity contribution in [1.82, 2.24) is 4.98 Å². The zero-order valence-electron chi connectivity index (χ0n) is 11.3. The predicted octanol–water partition coefficient (Wildman–Crippen LogP) is 2.45. The monoisotopic (exact) mass is 257 g/mol. The Hall–Kier alpha value is -1.86. The highest BCUT2D eigenvalue weighted by molar-refractivity contribution is 5.55. The lowest BCUT2D eigenvalue weighted by molar-refractivity contribution is 0.167. The quantitative estimate of drug-likeness (QED) is 0.628. The first-order valence-electron chi connectivity index (χ1n) is 6.59. The minimum atomic E-state index is 0.574. The van der Waals surface area contributed by atoms with E-state index < -0.39 is 0 Å². The maximum atomic E-state index is 9.15. The van der Waals surface area contributed by atoms with Crippen molar-refractivity contribution in [3.05, 3.63) is 35.0 Å². The molecule has 4 heteroatoms. The standard InChI is InChI=1S/C15H19N3O/c1-11(2)10-19-7-6-17-15-13(9-16)8-12-4-3-5-14(12)18-15/h8H,1,3-7,10H2,2H3,(H,17,18). The number of aryl methyl sites for hydroxylation is 2. The van der Waals surface area contributed by atoms with Crippen molar-refractivity contribution in [2.24, 2.45) is 0 Å². The van der Waals surface area contributed by atoms with E-state index in [2.05, 4.69) is 22.9 Å². The molecule has 0 bridgehead atoms. The number of rotatable bonds is 6. The first kappa shape index (κ1) is 13.6. The lowest BCUT2D eigenvalue weighted by Crippen LogP contribution is -2.13. The molecule has 0 saturated carbocycles. The van der Waals surface area contributed by atoms with E-state index in [0.29, 0.717) is 31.1 Å². The molecule has 0 amide bonds. The van der Waals surface area contributed by atoms with Crippen LogP contribution in [0, 0.1) is 11.3 Å². The number of ether oxygens (including phenoxy) is 1. The zero-order chi connectivity index (χ0) is 13.7. The number of hydrogen-bond acceptors (Lipinski definition) is 4. The Morgan fingerprint density at radius 3 is 3.16 bits per heavy atom. The van der Waals surface area contributed by atoms with Gasteiger partial charge in [-0.25, -0.2) is 4.98 Å². The first-order valence-corrected chi connectivity index (χ1v) is 6.59. The molecule has 0 aliphatic heterocycles. The van der Waals surface area contributed by atoms with E-state index in [9.17, 15) is 0 Å². The van der Waals surface area contributed by atoms with Crippen molar-refractivity contribution in [1.29, 1.82) is 5.26 Å². The van der Waals surface area contributed by atoms with Crippen molar-refractivity contribution in [3.8, 4) is 6.07 Å². The number of fused-ring (bicyclic) bond motifs is 1. The number of hydrogen-bond donors (Lipinski definition) is 1. The molecule has 4 nitrogen and oxygen atoms in total. The molecule has 2 rings (SSSR count). The second kappa shape index (κ2) is 6.35. The lowest BCUT2D eigenvalue weighted by Gasteiger charge is -2.10. The summed E-state index contributed by atoms with van der Waals surface area (Å²) in [7, 11) is 0. The average molecular weight is 257 g/mol. The highest BCUT2D eigenvalue weighted by Gasteiger charge is 2.15. The van der Waals surface area contributed by atoms with Crippen LogP contribution in [0.2, 0.25) is 0 Å². The number of nitriles is 1. The van der Waals surface area contributed by atoms with Crippen LogP contribution in [-0.2, 0) is 17.6 Å². The molecule has 1 aromatic rings. The van der Waals surface area contributed by atoms with Gasteiger partial charge in [0.1, 0.15) is 11.9 Å². The van der Waals surface area contributed by atoms with Crippen LogP contribution in [0.25, 0.3) is 0 Å². The lowest BCUT2D eigenvalue weighted by atomic mass is 10.1. The molecule has 1 heterocycles. The topological polar surface area (TPSA) is 57.9 Å². The van der Waals surface area contributed by atoms with E-state index in [-0.39, 0.29) is 0 Å². The van der Waals surface area contributed by atoms with Gasteiger partial charge in [-0.05, 0) is 37.8 Å². The Labute approximate surface area is 114 Å². The van der Waals surface area contributed by atoms with Gasteiger partial charge < -0.3 is 10.1 Å². The molecular weight excluding hydrogens is 238 g/mol. The maximum Gasteiger partial charge on any atom is 0.144 e. The molecular formula is C15H19N3O. The third-order valence-corrected chi connectivity index (χ3v) is 3.06. The largest absolute Gasteiger partial charge is 0.375 e. The summed E-state index contributed by atoms with van der Waals surface area (Å²) in [5, 5.41) is 12.3. The van der Waals surface area contributed by atoms with Crippen LogP contribution in [0.15, 0.2) is 18.2 Å². The van der Waals surface area contributed by atoms with E-state index in [1.165, 1.54) is 5.56 Å². The first-order chi connectivity index (χ1) is 9.20. The van der Waals surface area contributed by atoms with E-state index in [0.717, 1.165) is 30.5 Å². The van der Waals surface area contributed by atoms with Gasteiger partial charge in [0, 0.05) is 12.2 Å². The fraction of sp³-hybridized carbons (Fsp3) is 0.467. The Bertz CT molecular complexity index is 517. The number of nitrogens with one attached hydrogen (secondary N) is 1. The van der Waals surface area contributed by atoms with E-state index in [1.54, 1.807) is 0 Å². The highest BCUT2D eigenvalue weighted by atomic mass is 16.5. The Morgan fingerprint density at radius 1 is 1.58 bits per heavy atom. The molecule has 1 aromatic heterocycles. The zero-order valence-corrected chi connectivity index (χ0v) is 11.3. The van der Waals surface area contributed by atoms with Crippen molar-refractivity contribution >= 4 is 5.82 Å². The van der Waals surface area contributed by atoms with Gasteiger partial charge in [0.2, 0.25) is 0 Å². The summed E-state index contributed by atoms with van der Waals surface area (Å²) in [6.45, 7) is 7.51. The van der Waals surface area contributed by atoms with Crippen LogP contribution in [-0.4, -0.2) is 24.7 Å². The smallest absolute Gasteiger partial charge is 0.144 e. The van der Waals surface area contributed by atoms with E-state index in [1.807, 2.05) is 13.0 Å². The molecule has 1 aliphatic rings. The number of nitrogens with zero attached hydrogens (tertiary/aromatic N) is 2. The average Bonchev–Trinajstić information content (AvgIpc) is 2.83. The van der Waals surface area contributed by atoms with Crippen molar-refractivity contribution in [2.45, 2.75) is 26.2 Å². The molecule has 0 radical (unpaired) electrons. The van der Waals surface area contributed by atoms with Gasteiger partial charge in [-0.2, -0.15) is 5.26 Å².